The minimum absolute atomic E-state index is 0.00189. The van der Waals surface area contributed by atoms with E-state index >= 15 is 4.39 Å². The number of phenols is 1. The zero-order chi connectivity index (χ0) is 34.3. The molecule has 4 aliphatic rings. The fourth-order valence-electron chi connectivity index (χ4n) is 8.08. The highest BCUT2D eigenvalue weighted by Crippen LogP contribution is 2.69. The minimum Gasteiger partial charge on any atom is -0.508 e. The second-order valence-corrected chi connectivity index (χ2v) is 13.5. The zero-order valence-electron chi connectivity index (χ0n) is 26.5. The molecule has 3 aliphatic heterocycles. The number of anilines is 1. The molecular weight excluding hydrogens is 649 g/mol. The van der Waals surface area contributed by atoms with Crippen LogP contribution < -0.4 is 14.4 Å². The lowest BCUT2D eigenvalue weighted by Gasteiger charge is -2.31. The largest absolute Gasteiger partial charge is 0.508 e. The molecule has 2 aromatic heterocycles. The topological polar surface area (TPSA) is 93.1 Å². The Morgan fingerprint density at radius 2 is 1.92 bits per heavy atom. The Morgan fingerprint density at radius 3 is 2.67 bits per heavy atom. The molecule has 0 radical (unpaired) electrons. The van der Waals surface area contributed by atoms with Crippen LogP contribution in [0, 0.1) is 29.4 Å². The second kappa shape index (κ2) is 11.3. The summed E-state index contributed by atoms with van der Waals surface area (Å²) >= 11 is 0. The van der Waals surface area contributed by atoms with Crippen molar-refractivity contribution < 1.29 is 41.3 Å². The fraction of sp³-hybridized carbons (Fsp3) is 0.457. The molecule has 14 heteroatoms. The van der Waals surface area contributed by atoms with Crippen molar-refractivity contribution in [2.75, 3.05) is 58.0 Å². The molecule has 0 amide bonds. The second-order valence-electron chi connectivity index (χ2n) is 13.5. The number of hydrogen-bond donors (Lipinski definition) is 1. The van der Waals surface area contributed by atoms with Crippen molar-refractivity contribution in [1.82, 2.24) is 19.9 Å². The van der Waals surface area contributed by atoms with E-state index in [9.17, 15) is 22.7 Å². The lowest BCUT2D eigenvalue weighted by atomic mass is 9.88. The smallest absolute Gasteiger partial charge is 0.319 e. The third-order valence-electron chi connectivity index (χ3n) is 10.4. The summed E-state index contributed by atoms with van der Waals surface area (Å²) in [4.78, 5) is 17.2. The molecule has 1 N–H and O–H groups in total. The van der Waals surface area contributed by atoms with Gasteiger partial charge in [-0.2, -0.15) is 9.97 Å². The number of fused-ring (bicyclic) bond motifs is 3. The highest BCUT2D eigenvalue weighted by atomic mass is 19.3. The van der Waals surface area contributed by atoms with Gasteiger partial charge < -0.3 is 24.2 Å². The number of methoxy groups -OCH3 is 1. The van der Waals surface area contributed by atoms with Gasteiger partial charge >= 0.3 is 6.01 Å². The molecule has 49 heavy (non-hydrogen) atoms. The van der Waals surface area contributed by atoms with Crippen LogP contribution in [0.1, 0.15) is 31.2 Å². The van der Waals surface area contributed by atoms with Crippen LogP contribution in [0.4, 0.5) is 27.8 Å². The van der Waals surface area contributed by atoms with Crippen LogP contribution in [0.3, 0.4) is 0 Å². The van der Waals surface area contributed by atoms with Gasteiger partial charge in [0.05, 0.1) is 30.2 Å². The van der Waals surface area contributed by atoms with E-state index in [0.717, 1.165) is 6.07 Å². The molecular formula is C35H32F5N5O4. The first-order valence-electron chi connectivity index (χ1n) is 16.1. The van der Waals surface area contributed by atoms with Gasteiger partial charge in [-0.1, -0.05) is 12.0 Å². The summed E-state index contributed by atoms with van der Waals surface area (Å²) in [6.45, 7) is 1.65. The van der Waals surface area contributed by atoms with Crippen molar-refractivity contribution in [3.63, 3.8) is 0 Å². The monoisotopic (exact) mass is 681 g/mol. The maximum atomic E-state index is 17.0. The number of benzene rings is 2. The molecule has 3 saturated heterocycles. The standard InChI is InChI=1S/C35H32F5N5O4/c1-3-22-24(37)6-5-19-11-21(46)12-23(25(19)22)28-27(38)29-26(31(41-28)47-2)30(44-7-4-9-48-10-8-44)43-32(42-29)49-18-34-13-20(36)14-45(34)17-33(15-34)16-35(33,39)40/h1,5-6,11-12,20,46H,4,7-10,13-18H2,2H3. The molecule has 9 nitrogen and oxygen atoms in total. The van der Waals surface area contributed by atoms with Crippen LogP contribution in [-0.2, 0) is 4.74 Å². The average molecular weight is 682 g/mol. The number of phenolic OH excluding ortho intramolecular Hbond substituents is 1. The van der Waals surface area contributed by atoms with E-state index in [1.165, 1.54) is 25.3 Å². The first-order chi connectivity index (χ1) is 23.5. The number of halogens is 5. The number of aromatic nitrogens is 3. The average Bonchev–Trinajstić information content (AvgIpc) is 3.46. The van der Waals surface area contributed by atoms with Crippen LogP contribution in [0.5, 0.6) is 17.6 Å². The predicted molar refractivity (Wildman–Crippen MR) is 170 cm³/mol. The van der Waals surface area contributed by atoms with E-state index in [-0.39, 0.29) is 95.5 Å². The number of aromatic hydroxyl groups is 1. The number of hydrogen-bond acceptors (Lipinski definition) is 9. The van der Waals surface area contributed by atoms with Gasteiger partial charge in [-0.05, 0) is 36.4 Å². The van der Waals surface area contributed by atoms with Gasteiger partial charge in [0.25, 0.3) is 5.92 Å². The zero-order valence-corrected chi connectivity index (χ0v) is 26.5. The highest BCUT2D eigenvalue weighted by molar-refractivity contribution is 6.04. The number of alkyl halides is 3. The lowest BCUT2D eigenvalue weighted by molar-refractivity contribution is 0.0634. The SMILES string of the molecule is C#Cc1c(F)ccc2cc(O)cc(-c3nc(OC)c4c(N5CCCOCC5)nc(OCC56CC(F)CN5CC5(C6)CC5(F)F)nc4c3F)c12. The molecule has 4 fully saturated rings. The van der Waals surface area contributed by atoms with Gasteiger partial charge in [-0.25, -0.2) is 26.9 Å². The maximum absolute atomic E-state index is 17.0. The first kappa shape index (κ1) is 31.8. The molecule has 3 atom stereocenters. The molecule has 8 rings (SSSR count). The van der Waals surface area contributed by atoms with Crippen molar-refractivity contribution >= 4 is 27.5 Å². The Labute approximate surface area is 278 Å². The number of ether oxygens (including phenoxy) is 3. The molecule has 256 valence electrons. The number of rotatable bonds is 6. The van der Waals surface area contributed by atoms with Gasteiger partial charge in [-0.15, -0.1) is 6.42 Å². The summed E-state index contributed by atoms with van der Waals surface area (Å²) < 4.78 is 93.1. The summed E-state index contributed by atoms with van der Waals surface area (Å²) in [5.41, 5.74) is -2.92. The molecule has 5 heterocycles. The molecule has 0 bridgehead atoms. The molecule has 4 aromatic rings. The molecule has 1 aliphatic carbocycles. The Bertz CT molecular complexity index is 2050. The van der Waals surface area contributed by atoms with Crippen molar-refractivity contribution in [2.24, 2.45) is 5.41 Å². The Balaban J connectivity index is 1.29. The van der Waals surface area contributed by atoms with Gasteiger partial charge in [0.15, 0.2) is 5.82 Å². The van der Waals surface area contributed by atoms with Crippen molar-refractivity contribution in [1.29, 1.82) is 0 Å². The third-order valence-corrected chi connectivity index (χ3v) is 10.4. The Morgan fingerprint density at radius 1 is 1.10 bits per heavy atom. The highest BCUT2D eigenvalue weighted by Gasteiger charge is 2.77. The summed E-state index contributed by atoms with van der Waals surface area (Å²) in [5, 5.41) is 11.2. The lowest BCUT2D eigenvalue weighted by Crippen LogP contribution is -2.43. The molecule has 3 unspecified atom stereocenters. The molecule has 2 aromatic carbocycles. The van der Waals surface area contributed by atoms with Crippen molar-refractivity contribution in [3.05, 3.63) is 41.5 Å². The molecule has 1 spiro atoms. The molecule has 1 saturated carbocycles. The van der Waals surface area contributed by atoms with Crippen LogP contribution in [0.15, 0.2) is 24.3 Å². The van der Waals surface area contributed by atoms with Gasteiger partial charge in [0, 0.05) is 56.6 Å². The van der Waals surface area contributed by atoms with Gasteiger partial charge in [0.1, 0.15) is 46.8 Å². The van der Waals surface area contributed by atoms with E-state index < -0.39 is 34.7 Å². The third kappa shape index (κ3) is 5.00. The van der Waals surface area contributed by atoms with Crippen molar-refractivity contribution in [3.8, 4) is 41.2 Å². The first-order valence-corrected chi connectivity index (χ1v) is 16.1. The van der Waals surface area contributed by atoms with Gasteiger partial charge in [-0.3, -0.25) is 4.90 Å². The summed E-state index contributed by atoms with van der Waals surface area (Å²) in [5.74, 6) is -2.21. The van der Waals surface area contributed by atoms with E-state index in [1.807, 2.05) is 4.90 Å². The van der Waals surface area contributed by atoms with Crippen LogP contribution in [-0.4, -0.2) is 95.7 Å². The van der Waals surface area contributed by atoms with Gasteiger partial charge in [0.2, 0.25) is 5.88 Å². The number of terminal acetylenes is 1. The van der Waals surface area contributed by atoms with Crippen LogP contribution in [0.25, 0.3) is 32.9 Å². The Kier molecular flexibility index (Phi) is 7.31. The normalized spacial score (nSPS) is 26.2. The maximum Gasteiger partial charge on any atom is 0.319 e. The quantitative estimate of drug-likeness (QED) is 0.205. The van der Waals surface area contributed by atoms with E-state index in [2.05, 4.69) is 20.9 Å². The summed E-state index contributed by atoms with van der Waals surface area (Å²) in [7, 11) is 1.35. The predicted octanol–water partition coefficient (Wildman–Crippen LogP) is 5.64. The van der Waals surface area contributed by atoms with E-state index in [0.29, 0.717) is 38.1 Å². The minimum atomic E-state index is -2.82. The summed E-state index contributed by atoms with van der Waals surface area (Å²) in [6, 6.07) is 4.93. The number of nitrogens with zero attached hydrogens (tertiary/aromatic N) is 5. The van der Waals surface area contributed by atoms with Crippen molar-refractivity contribution in [2.45, 2.75) is 43.3 Å². The summed E-state index contributed by atoms with van der Waals surface area (Å²) in [6.07, 6.45) is 4.94. The van der Waals surface area contributed by atoms with Crippen LogP contribution in [0.2, 0.25) is 0 Å². The van der Waals surface area contributed by atoms with Crippen LogP contribution >= 0.6 is 0 Å². The van der Waals surface area contributed by atoms with E-state index in [4.69, 9.17) is 20.6 Å². The Hall–Kier alpha value is -4.48. The van der Waals surface area contributed by atoms with E-state index in [1.54, 1.807) is 4.90 Å². The fourth-order valence-corrected chi connectivity index (χ4v) is 8.08. The number of pyridine rings is 1.